The van der Waals surface area contributed by atoms with Gasteiger partial charge in [-0.3, -0.25) is 9.59 Å². The number of alkyl halides is 3. The molecule has 0 aromatic heterocycles. The SMILES string of the molecule is O.O=C(C(=O)C(F)(F)F)c1ccc(Cl)cc1. The van der Waals surface area contributed by atoms with Crippen LogP contribution in [0.1, 0.15) is 10.4 Å². The summed E-state index contributed by atoms with van der Waals surface area (Å²) in [5.74, 6) is -3.97. The van der Waals surface area contributed by atoms with Gasteiger partial charge in [0, 0.05) is 10.6 Å². The van der Waals surface area contributed by atoms with Crippen LogP contribution in [-0.2, 0) is 4.79 Å². The molecule has 0 aliphatic heterocycles. The van der Waals surface area contributed by atoms with Gasteiger partial charge < -0.3 is 5.48 Å². The fourth-order valence-corrected chi connectivity index (χ4v) is 0.987. The monoisotopic (exact) mass is 254 g/mol. The van der Waals surface area contributed by atoms with E-state index in [0.717, 1.165) is 12.1 Å². The molecule has 0 saturated heterocycles. The largest absolute Gasteiger partial charge is 0.458 e. The Bertz CT molecular complexity index is 397. The van der Waals surface area contributed by atoms with Gasteiger partial charge >= 0.3 is 12.0 Å². The van der Waals surface area contributed by atoms with E-state index in [1.807, 2.05) is 0 Å². The molecule has 1 aromatic rings. The predicted molar refractivity (Wildman–Crippen MR) is 50.5 cm³/mol. The molecule has 0 amide bonds. The van der Waals surface area contributed by atoms with Gasteiger partial charge in [0.1, 0.15) is 0 Å². The first-order chi connectivity index (χ1) is 6.82. The van der Waals surface area contributed by atoms with Gasteiger partial charge in [-0.05, 0) is 24.3 Å². The maximum Gasteiger partial charge on any atom is 0.458 e. The van der Waals surface area contributed by atoms with Crippen LogP contribution < -0.4 is 0 Å². The summed E-state index contributed by atoms with van der Waals surface area (Å²) >= 11 is 5.47. The second-order valence-electron chi connectivity index (χ2n) is 2.66. The Balaban J connectivity index is 0.00000225. The summed E-state index contributed by atoms with van der Waals surface area (Å²) in [6.07, 6.45) is -5.14. The quantitative estimate of drug-likeness (QED) is 0.597. The van der Waals surface area contributed by atoms with Crippen molar-refractivity contribution in [3.05, 3.63) is 34.9 Å². The minimum absolute atomic E-state index is 0. The molecule has 3 nitrogen and oxygen atoms in total. The molecule has 0 aliphatic carbocycles. The Hall–Kier alpha value is -1.40. The van der Waals surface area contributed by atoms with Crippen LogP contribution in [0.5, 0.6) is 0 Å². The Morgan fingerprint density at radius 2 is 1.50 bits per heavy atom. The molecule has 0 saturated carbocycles. The van der Waals surface area contributed by atoms with E-state index in [-0.39, 0.29) is 16.1 Å². The first-order valence-electron chi connectivity index (χ1n) is 3.74. The third-order valence-electron chi connectivity index (χ3n) is 1.57. The number of halogens is 4. The van der Waals surface area contributed by atoms with Crippen LogP contribution in [0.15, 0.2) is 24.3 Å². The molecular weight excluding hydrogens is 249 g/mol. The lowest BCUT2D eigenvalue weighted by Gasteiger charge is -2.03. The maximum atomic E-state index is 11.9. The molecule has 1 rings (SSSR count). The molecule has 0 unspecified atom stereocenters. The lowest BCUT2D eigenvalue weighted by molar-refractivity contribution is -0.165. The van der Waals surface area contributed by atoms with Gasteiger partial charge in [-0.15, -0.1) is 0 Å². The number of rotatable bonds is 2. The van der Waals surface area contributed by atoms with Crippen molar-refractivity contribution in [3.8, 4) is 0 Å². The Morgan fingerprint density at radius 1 is 1.06 bits per heavy atom. The molecule has 88 valence electrons. The van der Waals surface area contributed by atoms with E-state index in [9.17, 15) is 22.8 Å². The van der Waals surface area contributed by atoms with E-state index in [2.05, 4.69) is 0 Å². The van der Waals surface area contributed by atoms with E-state index in [4.69, 9.17) is 11.6 Å². The van der Waals surface area contributed by atoms with Gasteiger partial charge in [0.25, 0.3) is 0 Å². The number of benzene rings is 1. The van der Waals surface area contributed by atoms with E-state index < -0.39 is 17.7 Å². The number of hydrogen-bond donors (Lipinski definition) is 0. The highest BCUT2D eigenvalue weighted by molar-refractivity contribution is 6.45. The van der Waals surface area contributed by atoms with E-state index >= 15 is 0 Å². The normalized spacial score (nSPS) is 10.5. The van der Waals surface area contributed by atoms with Gasteiger partial charge in [-0.1, -0.05) is 11.6 Å². The van der Waals surface area contributed by atoms with Crippen molar-refractivity contribution in [3.63, 3.8) is 0 Å². The standard InChI is InChI=1S/C9H4ClF3O2.H2O/c10-6-3-1-5(2-4-6)7(14)8(15)9(11,12)13;/h1-4H;1H2. The summed E-state index contributed by atoms with van der Waals surface area (Å²) < 4.78 is 35.6. The summed E-state index contributed by atoms with van der Waals surface area (Å²) in [7, 11) is 0. The van der Waals surface area contributed by atoms with E-state index in [1.54, 1.807) is 0 Å². The van der Waals surface area contributed by atoms with Crippen LogP contribution >= 0.6 is 11.6 Å². The van der Waals surface area contributed by atoms with Crippen molar-refractivity contribution in [1.29, 1.82) is 0 Å². The third kappa shape index (κ3) is 3.32. The number of Topliss-reactive ketones (excluding diaryl/α,β-unsaturated/α-hetero) is 2. The van der Waals surface area contributed by atoms with Gasteiger partial charge in [-0.2, -0.15) is 13.2 Å². The first kappa shape index (κ1) is 14.6. The van der Waals surface area contributed by atoms with Gasteiger partial charge in [-0.25, -0.2) is 0 Å². The van der Waals surface area contributed by atoms with Crippen molar-refractivity contribution in [2.45, 2.75) is 6.18 Å². The average Bonchev–Trinajstić information content (AvgIpc) is 2.15. The summed E-state index contributed by atoms with van der Waals surface area (Å²) in [5, 5.41) is 0.269. The van der Waals surface area contributed by atoms with Crippen LogP contribution in [0, 0.1) is 0 Å². The Kier molecular flexibility index (Phi) is 4.64. The van der Waals surface area contributed by atoms with Crippen LogP contribution in [0.4, 0.5) is 13.2 Å². The summed E-state index contributed by atoms with van der Waals surface area (Å²) in [6, 6.07) is 4.60. The van der Waals surface area contributed by atoms with Crippen molar-refractivity contribution in [2.24, 2.45) is 0 Å². The zero-order valence-corrected chi connectivity index (χ0v) is 8.39. The molecule has 1 aromatic carbocycles. The molecule has 7 heteroatoms. The summed E-state index contributed by atoms with van der Waals surface area (Å²) in [4.78, 5) is 21.5. The second kappa shape index (κ2) is 5.09. The maximum absolute atomic E-state index is 11.9. The molecule has 0 aliphatic rings. The van der Waals surface area contributed by atoms with E-state index in [1.165, 1.54) is 12.1 Å². The van der Waals surface area contributed by atoms with Gasteiger partial charge in [0.15, 0.2) is 0 Å². The average molecular weight is 255 g/mol. The van der Waals surface area contributed by atoms with Crippen LogP contribution in [-0.4, -0.2) is 23.2 Å². The number of carbonyl (C=O) groups is 2. The number of carbonyl (C=O) groups excluding carboxylic acids is 2. The Morgan fingerprint density at radius 3 is 1.88 bits per heavy atom. The molecule has 2 N–H and O–H groups in total. The number of ketones is 2. The topological polar surface area (TPSA) is 65.6 Å². The minimum atomic E-state index is -5.14. The lowest BCUT2D eigenvalue weighted by atomic mass is 10.1. The molecule has 0 spiro atoms. The minimum Gasteiger partial charge on any atom is -0.412 e. The summed E-state index contributed by atoms with van der Waals surface area (Å²) in [5.41, 5.74) is -0.332. The molecule has 0 atom stereocenters. The highest BCUT2D eigenvalue weighted by Gasteiger charge is 2.43. The second-order valence-corrected chi connectivity index (χ2v) is 3.10. The first-order valence-corrected chi connectivity index (χ1v) is 4.11. The highest BCUT2D eigenvalue weighted by atomic mass is 35.5. The summed E-state index contributed by atoms with van der Waals surface area (Å²) in [6.45, 7) is 0. The van der Waals surface area contributed by atoms with Crippen molar-refractivity contribution in [2.75, 3.05) is 0 Å². The smallest absolute Gasteiger partial charge is 0.412 e. The van der Waals surface area contributed by atoms with Gasteiger partial charge in [0.05, 0.1) is 0 Å². The number of hydrogen-bond acceptors (Lipinski definition) is 2. The fraction of sp³-hybridized carbons (Fsp3) is 0.111. The fourth-order valence-electron chi connectivity index (χ4n) is 0.861. The van der Waals surface area contributed by atoms with Gasteiger partial charge in [0.2, 0.25) is 5.78 Å². The molecule has 0 bridgehead atoms. The highest BCUT2D eigenvalue weighted by Crippen LogP contribution is 2.19. The third-order valence-corrected chi connectivity index (χ3v) is 1.82. The van der Waals surface area contributed by atoms with Crippen LogP contribution in [0.2, 0.25) is 5.02 Å². The zero-order valence-electron chi connectivity index (χ0n) is 7.64. The lowest BCUT2D eigenvalue weighted by Crippen LogP contribution is -2.30. The predicted octanol–water partition coefficient (Wildman–Crippen LogP) is 1.83. The van der Waals surface area contributed by atoms with Crippen molar-refractivity contribution in [1.82, 2.24) is 0 Å². The molecule has 0 fully saturated rings. The van der Waals surface area contributed by atoms with Crippen molar-refractivity contribution < 1.29 is 28.2 Å². The molecular formula is C9H6ClF3O3. The molecule has 0 radical (unpaired) electrons. The van der Waals surface area contributed by atoms with Crippen molar-refractivity contribution >= 4 is 23.2 Å². The van der Waals surface area contributed by atoms with Crippen LogP contribution in [0.3, 0.4) is 0 Å². The van der Waals surface area contributed by atoms with E-state index in [0.29, 0.717) is 0 Å². The van der Waals surface area contributed by atoms with Crippen LogP contribution in [0.25, 0.3) is 0 Å². The Labute approximate surface area is 93.1 Å². The zero-order chi connectivity index (χ0) is 11.6. The molecule has 16 heavy (non-hydrogen) atoms. The molecule has 0 heterocycles.